The van der Waals surface area contributed by atoms with Gasteiger partial charge in [0.2, 0.25) is 0 Å². The first kappa shape index (κ1) is 15.9. The van der Waals surface area contributed by atoms with Gasteiger partial charge in [0.15, 0.2) is 0 Å². The van der Waals surface area contributed by atoms with Crippen LogP contribution in [0.1, 0.15) is 51.4 Å². The first-order chi connectivity index (χ1) is 7.81. The molecule has 3 heteroatoms. The van der Waals surface area contributed by atoms with E-state index in [1.165, 1.54) is 64.5 Å². The van der Waals surface area contributed by atoms with Crippen molar-refractivity contribution < 1.29 is 0 Å². The Balaban J connectivity index is 3.09. The highest BCUT2D eigenvalue weighted by molar-refractivity contribution is 4.54. The molecule has 0 aromatic carbocycles. The van der Waals surface area contributed by atoms with Crippen LogP contribution in [0, 0.1) is 0 Å². The summed E-state index contributed by atoms with van der Waals surface area (Å²) in [6.07, 6.45) is 10.2. The quantitative estimate of drug-likeness (QED) is 0.503. The second-order valence-corrected chi connectivity index (χ2v) is 4.71. The molecule has 0 amide bonds. The standard InChI is InChI=1S/C13H31N3/c1-16(12-8-4-2-6-10-14)13-9-5-3-7-11-15/h2-15H2,1H3. The maximum atomic E-state index is 5.46. The molecule has 0 fully saturated rings. The number of hydrogen-bond donors (Lipinski definition) is 2. The molecule has 0 spiro atoms. The van der Waals surface area contributed by atoms with Gasteiger partial charge in [-0.05, 0) is 58.9 Å². The van der Waals surface area contributed by atoms with E-state index in [4.69, 9.17) is 11.5 Å². The fourth-order valence-electron chi connectivity index (χ4n) is 1.87. The van der Waals surface area contributed by atoms with Crippen molar-refractivity contribution >= 4 is 0 Å². The highest BCUT2D eigenvalue weighted by Gasteiger charge is 1.97. The monoisotopic (exact) mass is 229 g/mol. The Bertz CT molecular complexity index is 114. The molecule has 4 N–H and O–H groups in total. The number of nitrogens with two attached hydrogens (primary N) is 2. The molecule has 0 unspecified atom stereocenters. The minimum atomic E-state index is 0.844. The van der Waals surface area contributed by atoms with Gasteiger partial charge < -0.3 is 16.4 Å². The van der Waals surface area contributed by atoms with Crippen LogP contribution in [0.15, 0.2) is 0 Å². The van der Waals surface area contributed by atoms with E-state index in [9.17, 15) is 0 Å². The molecule has 3 nitrogen and oxygen atoms in total. The Kier molecular flexibility index (Phi) is 12.9. The van der Waals surface area contributed by atoms with Crippen LogP contribution < -0.4 is 11.5 Å². The zero-order valence-electron chi connectivity index (χ0n) is 11.1. The molecule has 0 aliphatic rings. The molecule has 0 aliphatic carbocycles. The number of rotatable bonds is 12. The predicted octanol–water partition coefficient (Wildman–Crippen LogP) is 1.96. The average Bonchev–Trinajstić information content (AvgIpc) is 2.28. The molecule has 0 bridgehead atoms. The van der Waals surface area contributed by atoms with Gasteiger partial charge in [0.05, 0.1) is 0 Å². The largest absolute Gasteiger partial charge is 0.330 e. The van der Waals surface area contributed by atoms with Crippen molar-refractivity contribution in [3.05, 3.63) is 0 Å². The zero-order chi connectivity index (χ0) is 12.1. The summed E-state index contributed by atoms with van der Waals surface area (Å²) in [5, 5.41) is 0. The Labute approximate surface area is 102 Å². The highest BCUT2D eigenvalue weighted by atomic mass is 15.1. The van der Waals surface area contributed by atoms with E-state index in [0.717, 1.165) is 13.1 Å². The summed E-state index contributed by atoms with van der Waals surface area (Å²) >= 11 is 0. The summed E-state index contributed by atoms with van der Waals surface area (Å²) in [5.74, 6) is 0. The van der Waals surface area contributed by atoms with Gasteiger partial charge in [-0.2, -0.15) is 0 Å². The van der Waals surface area contributed by atoms with Gasteiger partial charge in [0.1, 0.15) is 0 Å². The van der Waals surface area contributed by atoms with Gasteiger partial charge in [0, 0.05) is 0 Å². The van der Waals surface area contributed by atoms with E-state index in [2.05, 4.69) is 11.9 Å². The van der Waals surface area contributed by atoms with Gasteiger partial charge in [-0.3, -0.25) is 0 Å². The molecule has 0 atom stereocenters. The summed E-state index contributed by atoms with van der Waals surface area (Å²) < 4.78 is 0. The van der Waals surface area contributed by atoms with Crippen LogP contribution >= 0.6 is 0 Å². The van der Waals surface area contributed by atoms with Crippen LogP contribution in [0.2, 0.25) is 0 Å². The lowest BCUT2D eigenvalue weighted by Crippen LogP contribution is -2.21. The summed E-state index contributed by atoms with van der Waals surface area (Å²) in [6, 6.07) is 0. The maximum absolute atomic E-state index is 5.46. The predicted molar refractivity (Wildman–Crippen MR) is 72.5 cm³/mol. The molecule has 0 radical (unpaired) electrons. The minimum absolute atomic E-state index is 0.844. The van der Waals surface area contributed by atoms with E-state index in [1.54, 1.807) is 0 Å². The Morgan fingerprint density at radius 1 is 0.625 bits per heavy atom. The molecule has 98 valence electrons. The minimum Gasteiger partial charge on any atom is -0.330 e. The molecule has 16 heavy (non-hydrogen) atoms. The molecular weight excluding hydrogens is 198 g/mol. The van der Waals surface area contributed by atoms with Gasteiger partial charge >= 0.3 is 0 Å². The van der Waals surface area contributed by atoms with E-state index < -0.39 is 0 Å². The summed E-state index contributed by atoms with van der Waals surface area (Å²) in [5.41, 5.74) is 10.9. The summed E-state index contributed by atoms with van der Waals surface area (Å²) in [7, 11) is 2.23. The third kappa shape index (κ3) is 12.0. The zero-order valence-corrected chi connectivity index (χ0v) is 11.1. The fourth-order valence-corrected chi connectivity index (χ4v) is 1.87. The third-order valence-corrected chi connectivity index (χ3v) is 2.99. The molecule has 0 aromatic heterocycles. The lowest BCUT2D eigenvalue weighted by atomic mass is 10.1. The SMILES string of the molecule is CN(CCCCCCN)CCCCCCN. The summed E-state index contributed by atoms with van der Waals surface area (Å²) in [4.78, 5) is 2.45. The number of unbranched alkanes of at least 4 members (excludes halogenated alkanes) is 6. The molecular formula is C13H31N3. The smallest absolute Gasteiger partial charge is 0.00218 e. The first-order valence-corrected chi connectivity index (χ1v) is 6.90. The molecule has 0 saturated carbocycles. The first-order valence-electron chi connectivity index (χ1n) is 6.90. The van der Waals surface area contributed by atoms with Crippen LogP contribution in [0.3, 0.4) is 0 Å². The number of hydrogen-bond acceptors (Lipinski definition) is 3. The normalized spacial score (nSPS) is 11.2. The second kappa shape index (κ2) is 12.9. The van der Waals surface area contributed by atoms with Gasteiger partial charge in [-0.1, -0.05) is 25.7 Å². The van der Waals surface area contributed by atoms with E-state index in [1.807, 2.05) is 0 Å². The molecule has 0 aromatic rings. The van der Waals surface area contributed by atoms with E-state index >= 15 is 0 Å². The van der Waals surface area contributed by atoms with Crippen molar-refractivity contribution in [2.75, 3.05) is 33.2 Å². The Morgan fingerprint density at radius 3 is 1.38 bits per heavy atom. The van der Waals surface area contributed by atoms with Crippen molar-refractivity contribution in [2.24, 2.45) is 11.5 Å². The van der Waals surface area contributed by atoms with Crippen molar-refractivity contribution in [1.29, 1.82) is 0 Å². The lowest BCUT2D eigenvalue weighted by molar-refractivity contribution is 0.315. The molecule has 0 rings (SSSR count). The molecule has 0 heterocycles. The second-order valence-electron chi connectivity index (χ2n) is 4.71. The third-order valence-electron chi connectivity index (χ3n) is 2.99. The van der Waals surface area contributed by atoms with Gasteiger partial charge in [0.25, 0.3) is 0 Å². The Morgan fingerprint density at radius 2 is 1.00 bits per heavy atom. The van der Waals surface area contributed by atoms with Crippen molar-refractivity contribution in [3.63, 3.8) is 0 Å². The molecule has 0 saturated heterocycles. The van der Waals surface area contributed by atoms with Crippen LogP contribution in [0.4, 0.5) is 0 Å². The van der Waals surface area contributed by atoms with Crippen molar-refractivity contribution in [3.8, 4) is 0 Å². The van der Waals surface area contributed by atoms with Gasteiger partial charge in [-0.15, -0.1) is 0 Å². The lowest BCUT2D eigenvalue weighted by Gasteiger charge is -2.16. The number of nitrogens with zero attached hydrogens (tertiary/aromatic N) is 1. The van der Waals surface area contributed by atoms with Crippen molar-refractivity contribution in [2.45, 2.75) is 51.4 Å². The van der Waals surface area contributed by atoms with Crippen LogP contribution in [-0.2, 0) is 0 Å². The van der Waals surface area contributed by atoms with Crippen LogP contribution in [-0.4, -0.2) is 38.1 Å². The van der Waals surface area contributed by atoms with Gasteiger partial charge in [-0.25, -0.2) is 0 Å². The highest BCUT2D eigenvalue weighted by Crippen LogP contribution is 2.03. The maximum Gasteiger partial charge on any atom is -0.00218 e. The van der Waals surface area contributed by atoms with E-state index in [0.29, 0.717) is 0 Å². The van der Waals surface area contributed by atoms with Crippen LogP contribution in [0.5, 0.6) is 0 Å². The fraction of sp³-hybridized carbons (Fsp3) is 1.00. The summed E-state index contributed by atoms with van der Waals surface area (Å²) in [6.45, 7) is 4.16. The molecule has 0 aliphatic heterocycles. The topological polar surface area (TPSA) is 55.3 Å². The van der Waals surface area contributed by atoms with Crippen molar-refractivity contribution in [1.82, 2.24) is 4.90 Å². The van der Waals surface area contributed by atoms with Crippen LogP contribution in [0.25, 0.3) is 0 Å². The average molecular weight is 229 g/mol. The Hall–Kier alpha value is -0.120. The van der Waals surface area contributed by atoms with E-state index in [-0.39, 0.29) is 0 Å².